The third kappa shape index (κ3) is 2.34. The van der Waals surface area contributed by atoms with Gasteiger partial charge in [0.1, 0.15) is 0 Å². The molecule has 0 atom stereocenters. The monoisotopic (exact) mass is 276 g/mol. The number of aryl methyl sites for hydroxylation is 2. The van der Waals surface area contributed by atoms with E-state index in [2.05, 4.69) is 33.7 Å². The molecule has 0 amide bonds. The van der Waals surface area contributed by atoms with Crippen LogP contribution in [0.5, 0.6) is 0 Å². The molecule has 3 rings (SSSR count). The maximum absolute atomic E-state index is 6.25. The van der Waals surface area contributed by atoms with Crippen molar-refractivity contribution in [2.24, 2.45) is 0 Å². The average molecular weight is 276 g/mol. The first-order valence-corrected chi connectivity index (χ1v) is 7.75. The van der Waals surface area contributed by atoms with Crippen LogP contribution in [0.1, 0.15) is 31.0 Å². The van der Waals surface area contributed by atoms with Gasteiger partial charge in [-0.2, -0.15) is 16.4 Å². The predicted octanol–water partition coefficient (Wildman–Crippen LogP) is 3.02. The summed E-state index contributed by atoms with van der Waals surface area (Å²) in [4.78, 5) is 2.43. The fourth-order valence-electron chi connectivity index (χ4n) is 2.45. The van der Waals surface area contributed by atoms with Crippen LogP contribution in [0.15, 0.2) is 16.8 Å². The van der Waals surface area contributed by atoms with Crippen LogP contribution in [-0.2, 0) is 13.1 Å². The van der Waals surface area contributed by atoms with Gasteiger partial charge in [0, 0.05) is 19.1 Å². The van der Waals surface area contributed by atoms with E-state index >= 15 is 0 Å². The van der Waals surface area contributed by atoms with Gasteiger partial charge in [-0.15, -0.1) is 0 Å². The number of anilines is 2. The molecular formula is C14H20N4S. The first-order chi connectivity index (χ1) is 9.20. The molecule has 0 saturated heterocycles. The van der Waals surface area contributed by atoms with Gasteiger partial charge in [0.25, 0.3) is 0 Å². The third-order valence-corrected chi connectivity index (χ3v) is 4.37. The highest BCUT2D eigenvalue weighted by atomic mass is 32.1. The van der Waals surface area contributed by atoms with Crippen LogP contribution in [0.25, 0.3) is 0 Å². The van der Waals surface area contributed by atoms with Gasteiger partial charge < -0.3 is 10.6 Å². The molecule has 0 bridgehead atoms. The Labute approximate surface area is 117 Å². The van der Waals surface area contributed by atoms with E-state index in [4.69, 9.17) is 5.73 Å². The number of nitrogen functional groups attached to an aromatic ring is 1. The van der Waals surface area contributed by atoms with E-state index in [-0.39, 0.29) is 0 Å². The Morgan fingerprint density at radius 3 is 2.89 bits per heavy atom. The van der Waals surface area contributed by atoms with Crippen molar-refractivity contribution < 1.29 is 0 Å². The van der Waals surface area contributed by atoms with Crippen LogP contribution in [-0.4, -0.2) is 15.8 Å². The largest absolute Gasteiger partial charge is 0.394 e. The molecule has 2 heterocycles. The number of rotatable bonds is 5. The van der Waals surface area contributed by atoms with Gasteiger partial charge in [-0.1, -0.05) is 0 Å². The summed E-state index contributed by atoms with van der Waals surface area (Å²) in [6.45, 7) is 5.90. The van der Waals surface area contributed by atoms with Gasteiger partial charge in [-0.25, -0.2) is 4.68 Å². The Morgan fingerprint density at radius 1 is 1.53 bits per heavy atom. The quantitative estimate of drug-likeness (QED) is 0.913. The third-order valence-electron chi connectivity index (χ3n) is 3.64. The maximum Gasteiger partial charge on any atom is 0.151 e. The summed E-state index contributed by atoms with van der Waals surface area (Å²) in [5, 5.41) is 8.89. The van der Waals surface area contributed by atoms with Crippen molar-refractivity contribution in [1.29, 1.82) is 0 Å². The minimum Gasteiger partial charge on any atom is -0.394 e. The van der Waals surface area contributed by atoms with Gasteiger partial charge in [0.2, 0.25) is 0 Å². The zero-order valence-electron chi connectivity index (χ0n) is 11.5. The second-order valence-corrected chi connectivity index (χ2v) is 5.91. The second-order valence-electron chi connectivity index (χ2n) is 5.13. The predicted molar refractivity (Wildman–Crippen MR) is 80.6 cm³/mol. The number of nitrogens with two attached hydrogens (primary N) is 1. The maximum atomic E-state index is 6.25. The lowest BCUT2D eigenvalue weighted by Crippen LogP contribution is -2.28. The first kappa shape index (κ1) is 12.5. The summed E-state index contributed by atoms with van der Waals surface area (Å²) < 4.78 is 2.04. The summed E-state index contributed by atoms with van der Waals surface area (Å²) in [6.07, 6.45) is 2.52. The van der Waals surface area contributed by atoms with E-state index in [1.807, 2.05) is 11.6 Å². The lowest BCUT2D eigenvalue weighted by Gasteiger charge is -2.25. The molecule has 1 aliphatic rings. The summed E-state index contributed by atoms with van der Waals surface area (Å²) in [7, 11) is 0. The van der Waals surface area contributed by atoms with E-state index in [9.17, 15) is 0 Å². The minimum atomic E-state index is 0.628. The van der Waals surface area contributed by atoms with E-state index in [0.29, 0.717) is 6.04 Å². The molecule has 0 unspecified atom stereocenters. The van der Waals surface area contributed by atoms with Crippen LogP contribution in [0.3, 0.4) is 0 Å². The molecule has 19 heavy (non-hydrogen) atoms. The van der Waals surface area contributed by atoms with Gasteiger partial charge in [0.05, 0.1) is 11.4 Å². The molecule has 4 nitrogen and oxygen atoms in total. The zero-order chi connectivity index (χ0) is 13.4. The number of thiophene rings is 1. The SMILES string of the molecule is CCn1nc(C)c(N)c1N(Cc1ccsc1)C1CC1. The summed E-state index contributed by atoms with van der Waals surface area (Å²) in [5.41, 5.74) is 9.39. The Balaban J connectivity index is 1.96. The summed E-state index contributed by atoms with van der Waals surface area (Å²) in [6, 6.07) is 2.82. The summed E-state index contributed by atoms with van der Waals surface area (Å²) >= 11 is 1.75. The topological polar surface area (TPSA) is 47.1 Å². The number of aromatic nitrogens is 2. The van der Waals surface area contributed by atoms with Gasteiger partial charge in [-0.05, 0) is 49.1 Å². The van der Waals surface area contributed by atoms with Crippen LogP contribution < -0.4 is 10.6 Å². The van der Waals surface area contributed by atoms with Crippen LogP contribution in [0, 0.1) is 6.92 Å². The molecule has 2 N–H and O–H groups in total. The van der Waals surface area contributed by atoms with Crippen molar-refractivity contribution in [2.45, 2.75) is 45.8 Å². The van der Waals surface area contributed by atoms with Crippen molar-refractivity contribution in [3.05, 3.63) is 28.1 Å². The first-order valence-electron chi connectivity index (χ1n) is 6.81. The molecule has 5 heteroatoms. The van der Waals surface area contributed by atoms with Crippen molar-refractivity contribution in [1.82, 2.24) is 9.78 Å². The normalized spacial score (nSPS) is 14.8. The fourth-order valence-corrected chi connectivity index (χ4v) is 3.11. The van der Waals surface area contributed by atoms with Crippen molar-refractivity contribution in [2.75, 3.05) is 10.6 Å². The van der Waals surface area contributed by atoms with Crippen molar-refractivity contribution in [3.63, 3.8) is 0 Å². The summed E-state index contributed by atoms with van der Waals surface area (Å²) in [5.74, 6) is 1.11. The molecule has 0 spiro atoms. The molecule has 0 aliphatic heterocycles. The van der Waals surface area contributed by atoms with Gasteiger partial charge >= 0.3 is 0 Å². The fraction of sp³-hybridized carbons (Fsp3) is 0.500. The smallest absolute Gasteiger partial charge is 0.151 e. The number of hydrogen-bond donors (Lipinski definition) is 1. The number of hydrogen-bond acceptors (Lipinski definition) is 4. The highest BCUT2D eigenvalue weighted by Crippen LogP contribution is 2.37. The van der Waals surface area contributed by atoms with E-state index in [1.54, 1.807) is 11.3 Å². The average Bonchev–Trinajstić information content (AvgIpc) is 3.05. The molecule has 1 fully saturated rings. The molecule has 0 aromatic carbocycles. The Morgan fingerprint density at radius 2 is 2.32 bits per heavy atom. The molecule has 102 valence electrons. The molecular weight excluding hydrogens is 256 g/mol. The Bertz CT molecular complexity index is 554. The van der Waals surface area contributed by atoms with Crippen LogP contribution in [0.2, 0.25) is 0 Å². The highest BCUT2D eigenvalue weighted by Gasteiger charge is 2.33. The van der Waals surface area contributed by atoms with Gasteiger partial charge in [-0.3, -0.25) is 0 Å². The van der Waals surface area contributed by atoms with Crippen LogP contribution >= 0.6 is 11.3 Å². The minimum absolute atomic E-state index is 0.628. The van der Waals surface area contributed by atoms with E-state index in [0.717, 1.165) is 30.3 Å². The van der Waals surface area contributed by atoms with Crippen molar-refractivity contribution >= 4 is 22.8 Å². The van der Waals surface area contributed by atoms with E-state index < -0.39 is 0 Å². The highest BCUT2D eigenvalue weighted by molar-refractivity contribution is 7.07. The molecule has 0 radical (unpaired) electrons. The molecule has 2 aromatic rings. The zero-order valence-corrected chi connectivity index (χ0v) is 12.3. The number of nitrogens with zero attached hydrogens (tertiary/aromatic N) is 3. The Hall–Kier alpha value is -1.49. The molecule has 1 saturated carbocycles. The Kier molecular flexibility index (Phi) is 3.22. The standard InChI is InChI=1S/C14H20N4S/c1-3-18-14(13(15)10(2)16-18)17(12-4-5-12)8-11-6-7-19-9-11/h6-7,9,12H,3-5,8,15H2,1-2H3. The van der Waals surface area contributed by atoms with Crippen molar-refractivity contribution in [3.8, 4) is 0 Å². The molecule has 2 aromatic heterocycles. The molecule has 1 aliphatic carbocycles. The van der Waals surface area contributed by atoms with E-state index in [1.165, 1.54) is 18.4 Å². The second kappa shape index (κ2) is 4.89. The lowest BCUT2D eigenvalue weighted by molar-refractivity contribution is 0.625. The van der Waals surface area contributed by atoms with Crippen LogP contribution in [0.4, 0.5) is 11.5 Å². The lowest BCUT2D eigenvalue weighted by atomic mass is 10.3. The van der Waals surface area contributed by atoms with Gasteiger partial charge in [0.15, 0.2) is 5.82 Å².